The number of para-hydroxylation sites is 1. The number of hydrogen-bond acceptors (Lipinski definition) is 6. The molecule has 28 heavy (non-hydrogen) atoms. The first-order valence-electron chi connectivity index (χ1n) is 8.79. The van der Waals surface area contributed by atoms with E-state index >= 15 is 0 Å². The lowest BCUT2D eigenvalue weighted by atomic mass is 10.1. The summed E-state index contributed by atoms with van der Waals surface area (Å²) in [5.41, 5.74) is 1.47. The van der Waals surface area contributed by atoms with Crippen molar-refractivity contribution in [3.05, 3.63) is 71.6 Å². The lowest BCUT2D eigenvalue weighted by molar-refractivity contribution is -0.134. The molecular formula is C22H21NO5. The van der Waals surface area contributed by atoms with Crippen LogP contribution in [0, 0.1) is 0 Å². The molecule has 0 spiro atoms. The molecule has 0 aliphatic heterocycles. The van der Waals surface area contributed by atoms with Crippen molar-refractivity contribution in [3.63, 3.8) is 0 Å². The van der Waals surface area contributed by atoms with Crippen LogP contribution < -0.4 is 20.0 Å². The van der Waals surface area contributed by atoms with Crippen LogP contribution in [0.5, 0.6) is 11.5 Å². The van der Waals surface area contributed by atoms with Crippen molar-refractivity contribution in [2.75, 3.05) is 19.1 Å². The molecule has 6 heteroatoms. The number of esters is 1. The Morgan fingerprint density at radius 3 is 2.71 bits per heavy atom. The van der Waals surface area contributed by atoms with Crippen LogP contribution in [-0.4, -0.2) is 20.1 Å². The second-order valence-electron chi connectivity index (χ2n) is 6.14. The van der Waals surface area contributed by atoms with E-state index < -0.39 is 5.63 Å². The van der Waals surface area contributed by atoms with E-state index in [1.54, 1.807) is 24.3 Å². The van der Waals surface area contributed by atoms with Gasteiger partial charge in [0.2, 0.25) is 0 Å². The minimum atomic E-state index is -0.440. The van der Waals surface area contributed by atoms with Crippen LogP contribution in [-0.2, 0) is 4.79 Å². The molecule has 2 aromatic carbocycles. The zero-order valence-corrected chi connectivity index (χ0v) is 15.8. The quantitative estimate of drug-likeness (QED) is 0.262. The van der Waals surface area contributed by atoms with Crippen molar-refractivity contribution in [2.24, 2.45) is 0 Å². The molecule has 6 nitrogen and oxygen atoms in total. The van der Waals surface area contributed by atoms with Gasteiger partial charge in [-0.2, -0.15) is 0 Å². The summed E-state index contributed by atoms with van der Waals surface area (Å²) < 4.78 is 16.0. The van der Waals surface area contributed by atoms with E-state index in [0.29, 0.717) is 29.2 Å². The van der Waals surface area contributed by atoms with Gasteiger partial charge in [-0.05, 0) is 30.7 Å². The SMILES string of the molecule is C=CCCC(=O)Oc1cc(N(C)c2cc(=O)oc3ccccc23)ccc1OC. The van der Waals surface area contributed by atoms with Crippen molar-refractivity contribution in [3.8, 4) is 11.5 Å². The number of benzene rings is 2. The van der Waals surface area contributed by atoms with Crippen molar-refractivity contribution in [1.29, 1.82) is 0 Å². The summed E-state index contributed by atoms with van der Waals surface area (Å²) in [5, 5.41) is 0.796. The van der Waals surface area contributed by atoms with E-state index in [9.17, 15) is 9.59 Å². The second kappa shape index (κ2) is 8.43. The number of methoxy groups -OCH3 is 1. The Kier molecular flexibility index (Phi) is 5.79. The Morgan fingerprint density at radius 1 is 1.18 bits per heavy atom. The normalized spacial score (nSPS) is 10.5. The highest BCUT2D eigenvalue weighted by molar-refractivity contribution is 5.92. The first kappa shape index (κ1) is 19.2. The Hall–Kier alpha value is -3.54. The zero-order valence-electron chi connectivity index (χ0n) is 15.8. The molecular weight excluding hydrogens is 358 g/mol. The number of fused-ring (bicyclic) bond motifs is 1. The van der Waals surface area contributed by atoms with Crippen molar-refractivity contribution < 1.29 is 18.7 Å². The third-order valence-electron chi connectivity index (χ3n) is 4.30. The number of rotatable bonds is 7. The molecule has 0 saturated carbocycles. The van der Waals surface area contributed by atoms with Gasteiger partial charge in [-0.15, -0.1) is 6.58 Å². The summed E-state index contributed by atoms with van der Waals surface area (Å²) >= 11 is 0. The van der Waals surface area contributed by atoms with Gasteiger partial charge >= 0.3 is 11.6 Å². The highest BCUT2D eigenvalue weighted by atomic mass is 16.6. The van der Waals surface area contributed by atoms with E-state index in [1.165, 1.54) is 13.2 Å². The van der Waals surface area contributed by atoms with Crippen LogP contribution in [0.1, 0.15) is 12.8 Å². The first-order valence-corrected chi connectivity index (χ1v) is 8.79. The summed E-state index contributed by atoms with van der Waals surface area (Å²) in [7, 11) is 3.34. The van der Waals surface area contributed by atoms with Crippen molar-refractivity contribution in [1.82, 2.24) is 0 Å². The number of anilines is 2. The van der Waals surface area contributed by atoms with E-state index in [2.05, 4.69) is 6.58 Å². The molecule has 0 aliphatic rings. The van der Waals surface area contributed by atoms with Gasteiger partial charge in [0.15, 0.2) is 11.5 Å². The molecule has 0 amide bonds. The van der Waals surface area contributed by atoms with Gasteiger partial charge in [0.1, 0.15) is 5.58 Å². The molecule has 0 bridgehead atoms. The molecule has 144 valence electrons. The predicted octanol–water partition coefficient (Wildman–Crippen LogP) is 4.44. The Balaban J connectivity index is 2.00. The summed E-state index contributed by atoms with van der Waals surface area (Å²) in [6, 6.07) is 14.0. The third-order valence-corrected chi connectivity index (χ3v) is 4.30. The fourth-order valence-electron chi connectivity index (χ4n) is 2.86. The van der Waals surface area contributed by atoms with Gasteiger partial charge in [0.05, 0.1) is 12.8 Å². The maximum Gasteiger partial charge on any atom is 0.338 e. The summed E-state index contributed by atoms with van der Waals surface area (Å²) in [5.74, 6) is 0.388. The molecule has 3 rings (SSSR count). The molecule has 1 heterocycles. The van der Waals surface area contributed by atoms with E-state index in [0.717, 1.165) is 11.1 Å². The van der Waals surface area contributed by atoms with Crippen molar-refractivity contribution in [2.45, 2.75) is 12.8 Å². The van der Waals surface area contributed by atoms with Gasteiger partial charge in [-0.1, -0.05) is 18.2 Å². The van der Waals surface area contributed by atoms with Crippen molar-refractivity contribution >= 4 is 28.3 Å². The third kappa shape index (κ3) is 4.06. The van der Waals surface area contributed by atoms with Crippen LogP contribution in [0.15, 0.2) is 70.4 Å². The minimum Gasteiger partial charge on any atom is -0.493 e. The van der Waals surface area contributed by atoms with Crippen LogP contribution in [0.2, 0.25) is 0 Å². The van der Waals surface area contributed by atoms with Gasteiger partial charge in [-0.25, -0.2) is 4.79 Å². The standard InChI is InChI=1S/C22H21NO5/c1-4-5-10-21(24)28-20-13-15(11-12-19(20)26-3)23(2)17-14-22(25)27-18-9-7-6-8-16(17)18/h4,6-9,11-14H,1,5,10H2,2-3H3. The highest BCUT2D eigenvalue weighted by Gasteiger charge is 2.15. The lowest BCUT2D eigenvalue weighted by Crippen LogP contribution is -2.14. The van der Waals surface area contributed by atoms with Gasteiger partial charge in [0, 0.05) is 36.7 Å². The molecule has 0 radical (unpaired) electrons. The molecule has 0 aliphatic carbocycles. The number of ether oxygens (including phenoxy) is 2. The fraction of sp³-hybridized carbons (Fsp3) is 0.182. The molecule has 3 aromatic rings. The predicted molar refractivity (Wildman–Crippen MR) is 109 cm³/mol. The second-order valence-corrected chi connectivity index (χ2v) is 6.14. The molecule has 0 saturated heterocycles. The Labute approximate surface area is 162 Å². The van der Waals surface area contributed by atoms with Gasteiger partial charge in [0.25, 0.3) is 0 Å². The molecule has 1 aromatic heterocycles. The summed E-state index contributed by atoms with van der Waals surface area (Å²) in [6.45, 7) is 3.60. The fourth-order valence-corrected chi connectivity index (χ4v) is 2.86. The zero-order chi connectivity index (χ0) is 20.1. The maximum absolute atomic E-state index is 12.0. The number of carbonyl (C=O) groups is 1. The van der Waals surface area contributed by atoms with Crippen LogP contribution >= 0.6 is 0 Å². The monoisotopic (exact) mass is 379 g/mol. The molecule has 0 N–H and O–H groups in total. The van der Waals surface area contributed by atoms with Gasteiger partial charge in [-0.3, -0.25) is 4.79 Å². The smallest absolute Gasteiger partial charge is 0.338 e. The average Bonchev–Trinajstić information content (AvgIpc) is 2.71. The number of hydrogen-bond donors (Lipinski definition) is 0. The maximum atomic E-state index is 12.0. The Morgan fingerprint density at radius 2 is 1.96 bits per heavy atom. The van der Waals surface area contributed by atoms with E-state index in [1.807, 2.05) is 36.2 Å². The van der Waals surface area contributed by atoms with E-state index in [-0.39, 0.29) is 12.4 Å². The number of carbonyl (C=O) groups excluding carboxylic acids is 1. The minimum absolute atomic E-state index is 0.233. The molecule has 0 unspecified atom stereocenters. The first-order chi connectivity index (χ1) is 13.5. The lowest BCUT2D eigenvalue weighted by Gasteiger charge is -2.22. The molecule has 0 atom stereocenters. The van der Waals surface area contributed by atoms with E-state index in [4.69, 9.17) is 13.9 Å². The number of allylic oxidation sites excluding steroid dienone is 1. The topological polar surface area (TPSA) is 69.0 Å². The molecule has 0 fully saturated rings. The largest absolute Gasteiger partial charge is 0.493 e. The number of nitrogens with zero attached hydrogens (tertiary/aromatic N) is 1. The highest BCUT2D eigenvalue weighted by Crippen LogP contribution is 2.36. The van der Waals surface area contributed by atoms with Crippen LogP contribution in [0.4, 0.5) is 11.4 Å². The van der Waals surface area contributed by atoms with Crippen LogP contribution in [0.3, 0.4) is 0 Å². The summed E-state index contributed by atoms with van der Waals surface area (Å²) in [6.07, 6.45) is 2.43. The Bertz CT molecular complexity index is 1070. The average molecular weight is 379 g/mol. The summed E-state index contributed by atoms with van der Waals surface area (Å²) in [4.78, 5) is 25.8. The van der Waals surface area contributed by atoms with Gasteiger partial charge < -0.3 is 18.8 Å². The van der Waals surface area contributed by atoms with Crippen LogP contribution in [0.25, 0.3) is 11.0 Å².